The second-order valence-electron chi connectivity index (χ2n) is 20.1. The molecule has 2 heterocycles. The fourth-order valence-corrected chi connectivity index (χ4v) is 14.1. The van der Waals surface area contributed by atoms with Crippen molar-refractivity contribution in [2.45, 2.75) is 37.5 Å². The molecule has 0 atom stereocenters. The minimum absolute atomic E-state index is 0.165. The number of fused-ring (bicyclic) bond motifs is 8. The fourth-order valence-electron chi connectivity index (χ4n) is 14.1. The van der Waals surface area contributed by atoms with Gasteiger partial charge in [-0.3, -0.25) is 0 Å². The largest absolute Gasteiger partial charge is 0.450 e. The van der Waals surface area contributed by atoms with E-state index in [1.807, 2.05) is 6.07 Å². The predicted molar refractivity (Wildman–Crippen MR) is 276 cm³/mol. The van der Waals surface area contributed by atoms with E-state index in [-0.39, 0.29) is 5.41 Å². The molecule has 4 fully saturated rings. The van der Waals surface area contributed by atoms with Crippen LogP contribution >= 0.6 is 0 Å². The lowest BCUT2D eigenvalue weighted by atomic mass is 9.43. The molecule has 10 aromatic rings. The van der Waals surface area contributed by atoms with Crippen molar-refractivity contribution in [2.75, 3.05) is 4.90 Å². The normalized spacial score (nSPS) is 21.2. The Kier molecular flexibility index (Phi) is 8.22. The van der Waals surface area contributed by atoms with Crippen LogP contribution in [0.1, 0.15) is 43.2 Å². The van der Waals surface area contributed by atoms with Crippen LogP contribution in [0.3, 0.4) is 0 Å². The van der Waals surface area contributed by atoms with Crippen LogP contribution in [-0.4, -0.2) is 4.57 Å². The van der Waals surface area contributed by atoms with E-state index in [2.05, 4.69) is 210 Å². The zero-order chi connectivity index (χ0) is 44.5. The molecular weight excluding hydrogens is 829 g/mol. The van der Waals surface area contributed by atoms with Crippen LogP contribution < -0.4 is 14.4 Å². The van der Waals surface area contributed by atoms with E-state index >= 15 is 0 Å². The topological polar surface area (TPSA) is 26.6 Å². The number of ether oxygens (including phenoxy) is 2. The van der Waals surface area contributed by atoms with Crippen molar-refractivity contribution in [3.05, 3.63) is 217 Å². The van der Waals surface area contributed by atoms with Gasteiger partial charge in [-0.15, -0.1) is 0 Å². The molecule has 0 saturated heterocycles. The first kappa shape index (κ1) is 38.3. The molecule has 6 aliphatic rings. The Morgan fingerprint density at radius 1 is 0.382 bits per heavy atom. The Hall–Kier alpha value is -7.82. The summed E-state index contributed by atoms with van der Waals surface area (Å²) < 4.78 is 15.9. The predicted octanol–water partition coefficient (Wildman–Crippen LogP) is 17.2. The summed E-state index contributed by atoms with van der Waals surface area (Å²) >= 11 is 0. The molecule has 5 aliphatic carbocycles. The Labute approximate surface area is 396 Å². The summed E-state index contributed by atoms with van der Waals surface area (Å²) in [7, 11) is 0. The summed E-state index contributed by atoms with van der Waals surface area (Å²) in [6.07, 6.45) is 7.03. The van der Waals surface area contributed by atoms with Crippen LogP contribution in [0, 0.1) is 23.7 Å². The molecule has 4 nitrogen and oxygen atoms in total. The van der Waals surface area contributed by atoms with Gasteiger partial charge in [0.05, 0.1) is 16.7 Å². The molecular formula is C64H48N2O2. The third-order valence-corrected chi connectivity index (χ3v) is 16.6. The van der Waals surface area contributed by atoms with Gasteiger partial charge in [-0.1, -0.05) is 121 Å². The number of nitrogens with zero attached hydrogens (tertiary/aromatic N) is 2. The number of hydrogen-bond acceptors (Lipinski definition) is 3. The molecule has 0 radical (unpaired) electrons. The molecule has 1 aliphatic heterocycles. The number of rotatable bonds is 6. The Bertz CT molecular complexity index is 3560. The van der Waals surface area contributed by atoms with E-state index in [0.29, 0.717) is 11.5 Å². The van der Waals surface area contributed by atoms with Gasteiger partial charge >= 0.3 is 0 Å². The minimum atomic E-state index is 0.165. The number of hydrogen-bond donors (Lipinski definition) is 0. The van der Waals surface area contributed by atoms with E-state index in [4.69, 9.17) is 9.47 Å². The third-order valence-electron chi connectivity index (χ3n) is 16.6. The quantitative estimate of drug-likeness (QED) is 0.166. The molecule has 1 aromatic heterocycles. The van der Waals surface area contributed by atoms with Gasteiger partial charge in [0.2, 0.25) is 0 Å². The maximum absolute atomic E-state index is 6.88. The van der Waals surface area contributed by atoms with E-state index in [0.717, 1.165) is 63.5 Å². The highest BCUT2D eigenvalue weighted by molar-refractivity contribution is 6.09. The highest BCUT2D eigenvalue weighted by atomic mass is 16.6. The Morgan fingerprint density at radius 3 is 1.62 bits per heavy atom. The van der Waals surface area contributed by atoms with Crippen LogP contribution in [0.25, 0.3) is 60.9 Å². The van der Waals surface area contributed by atoms with Crippen molar-refractivity contribution in [3.8, 4) is 62.1 Å². The van der Waals surface area contributed by atoms with Crippen molar-refractivity contribution >= 4 is 38.9 Å². The molecule has 16 rings (SSSR count). The summed E-state index contributed by atoms with van der Waals surface area (Å²) in [5, 5.41) is 2.50. The highest BCUT2D eigenvalue weighted by Crippen LogP contribution is 2.69. The molecule has 0 amide bonds. The van der Waals surface area contributed by atoms with Crippen LogP contribution in [0.2, 0.25) is 0 Å². The second-order valence-corrected chi connectivity index (χ2v) is 20.1. The average molecular weight is 877 g/mol. The summed E-state index contributed by atoms with van der Waals surface area (Å²) in [4.78, 5) is 2.30. The van der Waals surface area contributed by atoms with E-state index in [1.165, 1.54) is 81.7 Å². The molecule has 4 bridgehead atoms. The molecule has 326 valence electrons. The molecule has 4 saturated carbocycles. The molecule has 68 heavy (non-hydrogen) atoms. The third kappa shape index (κ3) is 5.61. The number of benzene rings is 9. The van der Waals surface area contributed by atoms with Gasteiger partial charge in [0.15, 0.2) is 23.0 Å². The van der Waals surface area contributed by atoms with E-state index in [9.17, 15) is 0 Å². The SMILES string of the molecule is c1ccc(-c2ccc(N(c3ccc(-n4c5ccccc5c5ccccc54)cc3)c3ccc4c(c3)Oc3cc(-c5ccc6c(c5)-c5ccccc5C65C6CC7CC(C6)CC5C7)ccc3O4)cc2)cc1. The Morgan fingerprint density at radius 2 is 0.897 bits per heavy atom. The zero-order valence-corrected chi connectivity index (χ0v) is 37.7. The van der Waals surface area contributed by atoms with Gasteiger partial charge in [-0.25, -0.2) is 0 Å². The molecule has 0 unspecified atom stereocenters. The highest BCUT2D eigenvalue weighted by Gasteiger charge is 2.61. The van der Waals surface area contributed by atoms with Crippen molar-refractivity contribution in [2.24, 2.45) is 23.7 Å². The van der Waals surface area contributed by atoms with Crippen molar-refractivity contribution < 1.29 is 9.47 Å². The molecule has 4 heteroatoms. The smallest absolute Gasteiger partial charge is 0.172 e. The summed E-state index contributed by atoms with van der Waals surface area (Å²) in [6.45, 7) is 0. The van der Waals surface area contributed by atoms with Crippen molar-refractivity contribution in [1.29, 1.82) is 0 Å². The molecule has 1 spiro atoms. The lowest BCUT2D eigenvalue weighted by Crippen LogP contribution is -2.55. The lowest BCUT2D eigenvalue weighted by molar-refractivity contribution is -0.0399. The van der Waals surface area contributed by atoms with Crippen LogP contribution in [0.4, 0.5) is 17.1 Å². The van der Waals surface area contributed by atoms with E-state index in [1.54, 1.807) is 11.1 Å². The fraction of sp³-hybridized carbons (Fsp3) is 0.156. The van der Waals surface area contributed by atoms with Gasteiger partial charge in [0.25, 0.3) is 0 Å². The lowest BCUT2D eigenvalue weighted by Gasteiger charge is -2.61. The number of anilines is 3. The van der Waals surface area contributed by atoms with E-state index < -0.39 is 0 Å². The number of para-hydroxylation sites is 2. The van der Waals surface area contributed by atoms with Gasteiger partial charge in [0.1, 0.15) is 0 Å². The Balaban J connectivity index is 0.787. The first-order chi connectivity index (χ1) is 33.6. The van der Waals surface area contributed by atoms with Crippen LogP contribution in [-0.2, 0) is 5.41 Å². The van der Waals surface area contributed by atoms with Gasteiger partial charge in [-0.05, 0) is 179 Å². The van der Waals surface area contributed by atoms with Crippen LogP contribution in [0.5, 0.6) is 23.0 Å². The van der Waals surface area contributed by atoms with Gasteiger partial charge in [-0.2, -0.15) is 0 Å². The molecule has 9 aromatic carbocycles. The number of aromatic nitrogens is 1. The maximum atomic E-state index is 6.88. The van der Waals surface area contributed by atoms with Crippen molar-refractivity contribution in [3.63, 3.8) is 0 Å². The second kappa shape index (κ2) is 14.6. The first-order valence-corrected chi connectivity index (χ1v) is 24.6. The average Bonchev–Trinajstić information content (AvgIpc) is 3.88. The zero-order valence-electron chi connectivity index (χ0n) is 37.7. The van der Waals surface area contributed by atoms with Gasteiger partial charge < -0.3 is 18.9 Å². The summed E-state index contributed by atoms with van der Waals surface area (Å²) in [5.41, 5.74) is 17.5. The maximum Gasteiger partial charge on any atom is 0.172 e. The summed E-state index contributed by atoms with van der Waals surface area (Å²) in [6, 6.07) is 75.1. The summed E-state index contributed by atoms with van der Waals surface area (Å²) in [5.74, 6) is 6.19. The first-order valence-electron chi connectivity index (χ1n) is 24.6. The standard InChI is InChI=1S/C64H48N2O2/c1-2-10-42(11-3-1)43-18-22-48(23-19-43)65(49-24-26-50(27-25-49)66-58-16-8-5-13-53(58)54-14-6-9-17-59(54)66)51-28-31-61-63(39-51)68-62-38-45(21-30-60(62)67-61)44-20-29-57-55(37-44)52-12-4-7-15-56(52)64(57)46-33-40-32-41(35-46)36-47(64)34-40/h1-31,37-41,46-47H,32-36H2. The molecule has 0 N–H and O–H groups in total. The van der Waals surface area contributed by atoms with Crippen molar-refractivity contribution in [1.82, 2.24) is 4.57 Å². The minimum Gasteiger partial charge on any atom is -0.450 e. The monoisotopic (exact) mass is 876 g/mol. The van der Waals surface area contributed by atoms with Gasteiger partial charge in [0, 0.05) is 39.3 Å². The van der Waals surface area contributed by atoms with Crippen LogP contribution in [0.15, 0.2) is 206 Å².